The van der Waals surface area contributed by atoms with Crippen LogP contribution in [0, 0.1) is 0 Å². The summed E-state index contributed by atoms with van der Waals surface area (Å²) in [4.78, 5) is 12.1. The topological polar surface area (TPSA) is 85.6 Å². The van der Waals surface area contributed by atoms with Gasteiger partial charge >= 0.3 is 6.03 Å². The van der Waals surface area contributed by atoms with Crippen LogP contribution in [0.1, 0.15) is 25.5 Å². The van der Waals surface area contributed by atoms with Crippen molar-refractivity contribution in [2.24, 2.45) is 0 Å². The SMILES string of the molecule is COc1cc(OC)c(NC(=O)Nc2cc(C(C)C)on2)cc1Cl. The predicted octanol–water partition coefficient (Wildman–Crippen LogP) is 4.11. The van der Waals surface area contributed by atoms with Crippen LogP contribution >= 0.6 is 11.6 Å². The van der Waals surface area contributed by atoms with Gasteiger partial charge in [0, 0.05) is 18.1 Å². The van der Waals surface area contributed by atoms with E-state index in [0.717, 1.165) is 0 Å². The number of urea groups is 1. The maximum atomic E-state index is 12.1. The van der Waals surface area contributed by atoms with Gasteiger partial charge in [0.1, 0.15) is 17.3 Å². The number of nitrogens with one attached hydrogen (secondary N) is 2. The average Bonchev–Trinajstić information content (AvgIpc) is 2.96. The molecule has 0 aliphatic carbocycles. The molecular formula is C15H18ClN3O4. The van der Waals surface area contributed by atoms with E-state index in [4.69, 9.17) is 25.6 Å². The van der Waals surface area contributed by atoms with Crippen LogP contribution in [0.4, 0.5) is 16.3 Å². The van der Waals surface area contributed by atoms with Crippen LogP contribution in [0.5, 0.6) is 11.5 Å². The second-order valence-corrected chi connectivity index (χ2v) is 5.44. The number of hydrogen-bond donors (Lipinski definition) is 2. The molecule has 1 heterocycles. The lowest BCUT2D eigenvalue weighted by molar-refractivity contribution is 0.261. The van der Waals surface area contributed by atoms with Crippen LogP contribution in [0.15, 0.2) is 22.7 Å². The molecular weight excluding hydrogens is 322 g/mol. The maximum Gasteiger partial charge on any atom is 0.325 e. The van der Waals surface area contributed by atoms with Crippen LogP contribution in [0.25, 0.3) is 0 Å². The highest BCUT2D eigenvalue weighted by atomic mass is 35.5. The highest BCUT2D eigenvalue weighted by Gasteiger charge is 2.14. The molecule has 0 aliphatic heterocycles. The van der Waals surface area contributed by atoms with Crippen LogP contribution in [0.2, 0.25) is 5.02 Å². The fourth-order valence-corrected chi connectivity index (χ4v) is 2.09. The third-order valence-electron chi connectivity index (χ3n) is 3.06. The van der Waals surface area contributed by atoms with E-state index in [9.17, 15) is 4.79 Å². The van der Waals surface area contributed by atoms with Gasteiger partial charge in [-0.05, 0) is 6.07 Å². The molecule has 1 aromatic carbocycles. The van der Waals surface area contributed by atoms with Gasteiger partial charge in [-0.25, -0.2) is 4.79 Å². The minimum absolute atomic E-state index is 0.182. The van der Waals surface area contributed by atoms with Gasteiger partial charge in [-0.3, -0.25) is 5.32 Å². The van der Waals surface area contributed by atoms with E-state index in [1.54, 1.807) is 18.2 Å². The Bertz CT molecular complexity index is 700. The van der Waals surface area contributed by atoms with Crippen molar-refractivity contribution in [1.82, 2.24) is 5.16 Å². The highest BCUT2D eigenvalue weighted by molar-refractivity contribution is 6.32. The monoisotopic (exact) mass is 339 g/mol. The van der Waals surface area contributed by atoms with Crippen molar-refractivity contribution in [3.05, 3.63) is 29.0 Å². The fourth-order valence-electron chi connectivity index (χ4n) is 1.85. The van der Waals surface area contributed by atoms with Gasteiger partial charge in [-0.2, -0.15) is 0 Å². The first-order chi connectivity index (χ1) is 10.9. The molecule has 7 nitrogen and oxygen atoms in total. The Morgan fingerprint density at radius 2 is 1.87 bits per heavy atom. The number of halogens is 1. The van der Waals surface area contributed by atoms with Crippen molar-refractivity contribution in [2.45, 2.75) is 19.8 Å². The van der Waals surface area contributed by atoms with Gasteiger partial charge in [-0.15, -0.1) is 0 Å². The maximum absolute atomic E-state index is 12.1. The number of aromatic nitrogens is 1. The summed E-state index contributed by atoms with van der Waals surface area (Å²) in [5.74, 6) is 2.06. The summed E-state index contributed by atoms with van der Waals surface area (Å²) in [6, 6.07) is 4.31. The zero-order chi connectivity index (χ0) is 17.0. The van der Waals surface area contributed by atoms with Crippen LogP contribution in [-0.4, -0.2) is 25.4 Å². The summed E-state index contributed by atoms with van der Waals surface area (Å²) >= 11 is 6.06. The van der Waals surface area contributed by atoms with Crippen molar-refractivity contribution in [3.8, 4) is 11.5 Å². The zero-order valence-corrected chi connectivity index (χ0v) is 14.0. The van der Waals surface area contributed by atoms with Gasteiger partial charge in [0.05, 0.1) is 24.9 Å². The Labute approximate surface area is 138 Å². The Kier molecular flexibility index (Phi) is 5.33. The molecule has 2 aromatic rings. The molecule has 0 aliphatic rings. The van der Waals surface area contributed by atoms with Crippen molar-refractivity contribution in [2.75, 3.05) is 24.9 Å². The van der Waals surface area contributed by atoms with Crippen LogP contribution in [0.3, 0.4) is 0 Å². The molecule has 2 rings (SSSR count). The molecule has 2 N–H and O–H groups in total. The van der Waals surface area contributed by atoms with E-state index in [2.05, 4.69) is 15.8 Å². The molecule has 0 fully saturated rings. The van der Waals surface area contributed by atoms with E-state index in [0.29, 0.717) is 33.8 Å². The molecule has 8 heteroatoms. The number of carbonyl (C=O) groups is 1. The summed E-state index contributed by atoms with van der Waals surface area (Å²) in [7, 11) is 2.98. The van der Waals surface area contributed by atoms with Crippen LogP contribution in [-0.2, 0) is 0 Å². The van der Waals surface area contributed by atoms with Gasteiger partial charge in [0.2, 0.25) is 0 Å². The zero-order valence-electron chi connectivity index (χ0n) is 13.3. The largest absolute Gasteiger partial charge is 0.495 e. The number of anilines is 2. The van der Waals surface area contributed by atoms with E-state index < -0.39 is 6.03 Å². The number of nitrogens with zero attached hydrogens (tertiary/aromatic N) is 1. The normalized spacial score (nSPS) is 10.5. The summed E-state index contributed by atoms with van der Waals surface area (Å²) in [5.41, 5.74) is 0.406. The first kappa shape index (κ1) is 17.0. The highest BCUT2D eigenvalue weighted by Crippen LogP contribution is 2.35. The molecule has 1 aromatic heterocycles. The molecule has 0 bridgehead atoms. The fraction of sp³-hybridized carbons (Fsp3) is 0.333. The molecule has 0 unspecified atom stereocenters. The Hall–Kier alpha value is -2.41. The molecule has 0 atom stereocenters. The van der Waals surface area contributed by atoms with E-state index in [-0.39, 0.29) is 5.92 Å². The summed E-state index contributed by atoms with van der Waals surface area (Å²) in [6.07, 6.45) is 0. The van der Waals surface area contributed by atoms with Gasteiger partial charge in [0.25, 0.3) is 0 Å². The molecule has 0 saturated heterocycles. The summed E-state index contributed by atoms with van der Waals surface area (Å²) < 4.78 is 15.4. The van der Waals surface area contributed by atoms with Crippen molar-refractivity contribution in [3.63, 3.8) is 0 Å². The lowest BCUT2D eigenvalue weighted by atomic mass is 10.2. The number of methoxy groups -OCH3 is 2. The van der Waals surface area contributed by atoms with Gasteiger partial charge in [0.15, 0.2) is 5.82 Å². The number of hydrogen-bond acceptors (Lipinski definition) is 5. The Morgan fingerprint density at radius 1 is 1.17 bits per heavy atom. The third-order valence-corrected chi connectivity index (χ3v) is 3.36. The lowest BCUT2D eigenvalue weighted by Gasteiger charge is -2.13. The minimum Gasteiger partial charge on any atom is -0.495 e. The van der Waals surface area contributed by atoms with E-state index in [1.165, 1.54) is 14.2 Å². The van der Waals surface area contributed by atoms with Gasteiger partial charge < -0.3 is 19.3 Å². The molecule has 0 spiro atoms. The summed E-state index contributed by atoms with van der Waals surface area (Å²) in [6.45, 7) is 3.93. The molecule has 0 saturated carbocycles. The number of benzene rings is 1. The quantitative estimate of drug-likeness (QED) is 0.856. The third kappa shape index (κ3) is 4.07. The Balaban J connectivity index is 2.11. The second kappa shape index (κ2) is 7.23. The number of amides is 2. The Morgan fingerprint density at radius 3 is 2.43 bits per heavy atom. The minimum atomic E-state index is -0.492. The molecule has 124 valence electrons. The standard InChI is InChI=1S/C15H18ClN3O4/c1-8(2)11-7-14(19-23-11)18-15(20)17-10-5-9(16)12(21-3)6-13(10)22-4/h5-8H,1-4H3,(H2,17,18,19,20). The van der Waals surface area contributed by atoms with E-state index >= 15 is 0 Å². The first-order valence-electron chi connectivity index (χ1n) is 6.90. The second-order valence-electron chi connectivity index (χ2n) is 5.04. The van der Waals surface area contributed by atoms with Crippen molar-refractivity contribution in [1.29, 1.82) is 0 Å². The number of rotatable bonds is 5. The molecule has 2 amide bonds. The van der Waals surface area contributed by atoms with Gasteiger partial charge in [-0.1, -0.05) is 30.6 Å². The molecule has 0 radical (unpaired) electrons. The number of ether oxygens (including phenoxy) is 2. The first-order valence-corrected chi connectivity index (χ1v) is 7.28. The lowest BCUT2D eigenvalue weighted by Crippen LogP contribution is -2.20. The summed E-state index contributed by atoms with van der Waals surface area (Å²) in [5, 5.41) is 9.36. The average molecular weight is 340 g/mol. The van der Waals surface area contributed by atoms with Crippen molar-refractivity contribution < 1.29 is 18.8 Å². The predicted molar refractivity (Wildman–Crippen MR) is 87.8 cm³/mol. The van der Waals surface area contributed by atoms with Crippen LogP contribution < -0.4 is 20.1 Å². The molecule has 23 heavy (non-hydrogen) atoms. The number of carbonyl (C=O) groups excluding carboxylic acids is 1. The van der Waals surface area contributed by atoms with E-state index in [1.807, 2.05) is 13.8 Å². The van der Waals surface area contributed by atoms with Crippen molar-refractivity contribution >= 4 is 29.1 Å². The smallest absolute Gasteiger partial charge is 0.325 e.